The van der Waals surface area contributed by atoms with Gasteiger partial charge in [-0.05, 0) is 38.0 Å². The summed E-state index contributed by atoms with van der Waals surface area (Å²) < 4.78 is 0. The Morgan fingerprint density at radius 3 is 2.57 bits per heavy atom. The molecule has 1 N–H and O–H groups in total. The molecular weight excluding hydrogens is 174 g/mol. The second kappa shape index (κ2) is 5.38. The minimum atomic E-state index is 0.272. The van der Waals surface area contributed by atoms with Crippen molar-refractivity contribution in [1.29, 1.82) is 0 Å². The molecule has 0 aromatic rings. The largest absolute Gasteiger partial charge is 0.356 e. The Kier molecular flexibility index (Phi) is 4.43. The molecule has 0 bridgehead atoms. The highest BCUT2D eigenvalue weighted by Gasteiger charge is 2.35. The number of amides is 1. The van der Waals surface area contributed by atoms with Gasteiger partial charge in [0.2, 0.25) is 5.91 Å². The van der Waals surface area contributed by atoms with E-state index in [0.29, 0.717) is 0 Å². The van der Waals surface area contributed by atoms with Gasteiger partial charge in [-0.2, -0.15) is 0 Å². The first-order valence-corrected chi connectivity index (χ1v) is 5.96. The third kappa shape index (κ3) is 3.32. The summed E-state index contributed by atoms with van der Waals surface area (Å²) in [5.41, 5.74) is 0. The van der Waals surface area contributed by atoms with Gasteiger partial charge < -0.3 is 5.32 Å². The molecule has 1 rings (SSSR count). The van der Waals surface area contributed by atoms with E-state index in [4.69, 9.17) is 0 Å². The van der Waals surface area contributed by atoms with Gasteiger partial charge in [0, 0.05) is 12.5 Å². The van der Waals surface area contributed by atoms with E-state index in [-0.39, 0.29) is 11.8 Å². The highest BCUT2D eigenvalue weighted by atomic mass is 16.1. The van der Waals surface area contributed by atoms with Crippen LogP contribution < -0.4 is 5.32 Å². The first-order chi connectivity index (χ1) is 6.69. The van der Waals surface area contributed by atoms with Crippen molar-refractivity contribution >= 4 is 5.91 Å². The lowest BCUT2D eigenvalue weighted by atomic mass is 9.95. The molecule has 82 valence electrons. The Labute approximate surface area is 87.5 Å². The average Bonchev–Trinajstić information content (AvgIpc) is 2.81. The predicted molar refractivity (Wildman–Crippen MR) is 59.0 cm³/mol. The minimum absolute atomic E-state index is 0.272. The van der Waals surface area contributed by atoms with E-state index in [9.17, 15) is 4.79 Å². The van der Waals surface area contributed by atoms with Crippen molar-refractivity contribution in [2.24, 2.45) is 17.8 Å². The number of nitrogens with one attached hydrogen (secondary N) is 1. The molecule has 2 heteroatoms. The summed E-state index contributed by atoms with van der Waals surface area (Å²) in [7, 11) is 0. The molecule has 2 nitrogen and oxygen atoms in total. The van der Waals surface area contributed by atoms with Gasteiger partial charge in [0.15, 0.2) is 0 Å². The lowest BCUT2D eigenvalue weighted by Gasteiger charge is -2.14. The van der Waals surface area contributed by atoms with Crippen LogP contribution in [0.4, 0.5) is 0 Å². The molecule has 1 aliphatic carbocycles. The standard InChI is InChI=1S/C12H23NO/c1-4-6-10(12(14)13-5-2)8-11-7-9(11)3/h9-11H,4-8H2,1-3H3,(H,13,14). The number of hydrogen-bond acceptors (Lipinski definition) is 1. The molecule has 0 heterocycles. The molecule has 0 aliphatic heterocycles. The van der Waals surface area contributed by atoms with E-state index in [1.165, 1.54) is 6.42 Å². The average molecular weight is 197 g/mol. The molecule has 0 saturated heterocycles. The van der Waals surface area contributed by atoms with Crippen LogP contribution in [0.25, 0.3) is 0 Å². The summed E-state index contributed by atoms with van der Waals surface area (Å²) in [4.78, 5) is 11.7. The predicted octanol–water partition coefficient (Wildman–Crippen LogP) is 2.58. The lowest BCUT2D eigenvalue weighted by molar-refractivity contribution is -0.125. The summed E-state index contributed by atoms with van der Waals surface area (Å²) in [6.45, 7) is 7.19. The van der Waals surface area contributed by atoms with Crippen molar-refractivity contribution in [3.8, 4) is 0 Å². The SMILES string of the molecule is CCCC(CC1CC1C)C(=O)NCC. The number of hydrogen-bond donors (Lipinski definition) is 1. The Balaban J connectivity index is 2.33. The fraction of sp³-hybridized carbons (Fsp3) is 0.917. The van der Waals surface area contributed by atoms with E-state index in [1.807, 2.05) is 6.92 Å². The molecule has 14 heavy (non-hydrogen) atoms. The van der Waals surface area contributed by atoms with Crippen LogP contribution in [0.5, 0.6) is 0 Å². The van der Waals surface area contributed by atoms with Crippen molar-refractivity contribution < 1.29 is 4.79 Å². The lowest BCUT2D eigenvalue weighted by Crippen LogP contribution is -2.30. The minimum Gasteiger partial charge on any atom is -0.356 e. The van der Waals surface area contributed by atoms with Gasteiger partial charge in [0.25, 0.3) is 0 Å². The maximum absolute atomic E-state index is 11.7. The zero-order valence-electron chi connectivity index (χ0n) is 9.68. The second-order valence-electron chi connectivity index (χ2n) is 4.59. The van der Waals surface area contributed by atoms with Crippen LogP contribution in [0.1, 0.15) is 46.5 Å². The molecule has 3 unspecified atom stereocenters. The van der Waals surface area contributed by atoms with Gasteiger partial charge in [-0.15, -0.1) is 0 Å². The molecule has 1 fully saturated rings. The van der Waals surface area contributed by atoms with Gasteiger partial charge in [0.05, 0.1) is 0 Å². The van der Waals surface area contributed by atoms with Gasteiger partial charge in [0.1, 0.15) is 0 Å². The second-order valence-corrected chi connectivity index (χ2v) is 4.59. The fourth-order valence-electron chi connectivity index (χ4n) is 2.12. The summed E-state index contributed by atoms with van der Waals surface area (Å²) in [5.74, 6) is 2.24. The van der Waals surface area contributed by atoms with Crippen LogP contribution in [0, 0.1) is 17.8 Å². The summed E-state index contributed by atoms with van der Waals surface area (Å²) in [5, 5.41) is 2.94. The van der Waals surface area contributed by atoms with Crippen LogP contribution in [-0.2, 0) is 4.79 Å². The van der Waals surface area contributed by atoms with Gasteiger partial charge in [-0.3, -0.25) is 4.79 Å². The van der Waals surface area contributed by atoms with Crippen molar-refractivity contribution in [3.63, 3.8) is 0 Å². The number of carbonyl (C=O) groups excluding carboxylic acids is 1. The highest BCUT2D eigenvalue weighted by molar-refractivity contribution is 5.78. The Hall–Kier alpha value is -0.530. The van der Waals surface area contributed by atoms with Gasteiger partial charge in [-0.25, -0.2) is 0 Å². The molecule has 0 radical (unpaired) electrons. The number of rotatable bonds is 6. The first-order valence-electron chi connectivity index (χ1n) is 5.96. The van der Waals surface area contributed by atoms with Gasteiger partial charge >= 0.3 is 0 Å². The quantitative estimate of drug-likeness (QED) is 0.696. The molecule has 0 spiro atoms. The van der Waals surface area contributed by atoms with E-state index in [1.54, 1.807) is 0 Å². The maximum atomic E-state index is 11.7. The first kappa shape index (κ1) is 11.5. The van der Waals surface area contributed by atoms with Crippen molar-refractivity contribution in [2.45, 2.75) is 46.5 Å². The molecule has 3 atom stereocenters. The molecule has 1 saturated carbocycles. The zero-order chi connectivity index (χ0) is 10.6. The molecule has 1 aliphatic rings. The van der Waals surface area contributed by atoms with Gasteiger partial charge in [-0.1, -0.05) is 20.3 Å². The highest BCUT2D eigenvalue weighted by Crippen LogP contribution is 2.43. The van der Waals surface area contributed by atoms with E-state index < -0.39 is 0 Å². The maximum Gasteiger partial charge on any atom is 0.223 e. The Bertz CT molecular complexity index is 191. The molecule has 1 amide bonds. The Morgan fingerprint density at radius 2 is 2.14 bits per heavy atom. The van der Waals surface area contributed by atoms with E-state index in [0.717, 1.165) is 37.6 Å². The van der Waals surface area contributed by atoms with Crippen LogP contribution in [-0.4, -0.2) is 12.5 Å². The molecule has 0 aromatic carbocycles. The topological polar surface area (TPSA) is 29.1 Å². The fourth-order valence-corrected chi connectivity index (χ4v) is 2.12. The van der Waals surface area contributed by atoms with Crippen LogP contribution in [0.3, 0.4) is 0 Å². The third-order valence-electron chi connectivity index (χ3n) is 3.22. The number of carbonyl (C=O) groups is 1. The van der Waals surface area contributed by atoms with Crippen LogP contribution in [0.15, 0.2) is 0 Å². The van der Waals surface area contributed by atoms with Crippen molar-refractivity contribution in [3.05, 3.63) is 0 Å². The Morgan fingerprint density at radius 1 is 1.50 bits per heavy atom. The smallest absolute Gasteiger partial charge is 0.223 e. The van der Waals surface area contributed by atoms with Crippen LogP contribution >= 0.6 is 0 Å². The molecule has 0 aromatic heterocycles. The van der Waals surface area contributed by atoms with E-state index in [2.05, 4.69) is 19.2 Å². The molecular formula is C12H23NO. The van der Waals surface area contributed by atoms with Crippen LogP contribution in [0.2, 0.25) is 0 Å². The summed E-state index contributed by atoms with van der Waals surface area (Å²) >= 11 is 0. The third-order valence-corrected chi connectivity index (χ3v) is 3.22. The zero-order valence-corrected chi connectivity index (χ0v) is 9.68. The van der Waals surface area contributed by atoms with Crippen molar-refractivity contribution in [2.75, 3.05) is 6.54 Å². The normalized spacial score (nSPS) is 27.1. The van der Waals surface area contributed by atoms with Crippen molar-refractivity contribution in [1.82, 2.24) is 5.32 Å². The van der Waals surface area contributed by atoms with E-state index >= 15 is 0 Å². The summed E-state index contributed by atoms with van der Waals surface area (Å²) in [6, 6.07) is 0. The summed E-state index contributed by atoms with van der Waals surface area (Å²) in [6.07, 6.45) is 4.61. The monoisotopic (exact) mass is 197 g/mol.